The molecule has 2 aromatic carbocycles. The van der Waals surface area contributed by atoms with Gasteiger partial charge in [0.25, 0.3) is 0 Å². The van der Waals surface area contributed by atoms with Crippen LogP contribution < -0.4 is 5.73 Å². The summed E-state index contributed by atoms with van der Waals surface area (Å²) in [4.78, 5) is 10.00. The van der Waals surface area contributed by atoms with Crippen molar-refractivity contribution >= 4 is 40.1 Å². The Balaban J connectivity index is 1.53. The van der Waals surface area contributed by atoms with Gasteiger partial charge in [0.05, 0.1) is 13.1 Å². The Morgan fingerprint density at radius 1 is 1.30 bits per heavy atom. The smallest absolute Gasteiger partial charge is 0.191 e. The second-order valence-corrected chi connectivity index (χ2v) is 7.68. The molecular weight excluding hydrogens is 383 g/mol. The predicted molar refractivity (Wildman–Crippen MR) is 111 cm³/mol. The van der Waals surface area contributed by atoms with Crippen molar-refractivity contribution in [1.29, 1.82) is 0 Å². The first-order valence-electron chi connectivity index (χ1n) is 8.74. The minimum atomic E-state index is 0.172. The van der Waals surface area contributed by atoms with Gasteiger partial charge in [-0.15, -0.1) is 0 Å². The first kappa shape index (κ1) is 18.0. The fourth-order valence-electron chi connectivity index (χ4n) is 3.49. The van der Waals surface area contributed by atoms with Gasteiger partial charge >= 0.3 is 0 Å². The molecule has 1 aliphatic rings. The summed E-state index contributed by atoms with van der Waals surface area (Å²) in [5.74, 6) is 0.652. The lowest BCUT2D eigenvalue weighted by Gasteiger charge is -2.28. The summed E-state index contributed by atoms with van der Waals surface area (Å²) < 4.78 is 0. The Labute approximate surface area is 167 Å². The summed E-state index contributed by atoms with van der Waals surface area (Å²) in [5, 5.41) is 12.4. The van der Waals surface area contributed by atoms with Crippen LogP contribution in [-0.2, 0) is 19.5 Å². The molecule has 4 rings (SSSR count). The van der Waals surface area contributed by atoms with Gasteiger partial charge in [-0.1, -0.05) is 23.2 Å². The zero-order valence-electron chi connectivity index (χ0n) is 14.9. The summed E-state index contributed by atoms with van der Waals surface area (Å²) in [6.45, 7) is 3.61. The second-order valence-electron chi connectivity index (χ2n) is 6.84. The number of nitrogens with one attached hydrogen (secondary N) is 1. The molecule has 1 aliphatic heterocycles. The molecule has 2 heterocycles. The minimum absolute atomic E-state index is 0.172. The van der Waals surface area contributed by atoms with Gasteiger partial charge in [0.1, 0.15) is 5.75 Å². The lowest BCUT2D eigenvalue weighted by Crippen LogP contribution is -2.40. The van der Waals surface area contributed by atoms with Crippen molar-refractivity contribution in [3.05, 3.63) is 62.8 Å². The molecule has 3 aromatic rings. The number of aromatic hydroxyl groups is 1. The SMILES string of the molecule is Cc1c(O)cc(CN=C(N)N2CCc3c([nH]c4ccc(Cl)cc34)C2)cc1Cl. The average molecular weight is 403 g/mol. The molecule has 0 unspecified atom stereocenters. The van der Waals surface area contributed by atoms with Crippen LogP contribution in [0.3, 0.4) is 0 Å². The molecule has 0 fully saturated rings. The van der Waals surface area contributed by atoms with Crippen molar-refractivity contribution in [2.45, 2.75) is 26.4 Å². The van der Waals surface area contributed by atoms with Gasteiger partial charge in [-0.2, -0.15) is 0 Å². The molecule has 140 valence electrons. The highest BCUT2D eigenvalue weighted by atomic mass is 35.5. The zero-order valence-corrected chi connectivity index (χ0v) is 16.4. The van der Waals surface area contributed by atoms with Crippen LogP contribution in [0.5, 0.6) is 5.75 Å². The molecule has 0 saturated carbocycles. The van der Waals surface area contributed by atoms with Crippen LogP contribution in [0.15, 0.2) is 35.3 Å². The Morgan fingerprint density at radius 3 is 2.89 bits per heavy atom. The quantitative estimate of drug-likeness (QED) is 0.440. The van der Waals surface area contributed by atoms with E-state index in [-0.39, 0.29) is 5.75 Å². The second kappa shape index (κ2) is 6.98. The summed E-state index contributed by atoms with van der Waals surface area (Å²) in [6, 6.07) is 9.39. The van der Waals surface area contributed by atoms with Crippen molar-refractivity contribution in [1.82, 2.24) is 9.88 Å². The Hall–Kier alpha value is -2.37. The fourth-order valence-corrected chi connectivity index (χ4v) is 3.90. The van der Waals surface area contributed by atoms with Crippen LogP contribution in [0.4, 0.5) is 0 Å². The van der Waals surface area contributed by atoms with Gasteiger partial charge in [-0.3, -0.25) is 0 Å². The van der Waals surface area contributed by atoms with E-state index in [0.717, 1.165) is 34.8 Å². The van der Waals surface area contributed by atoms with Crippen LogP contribution >= 0.6 is 23.2 Å². The topological polar surface area (TPSA) is 77.6 Å². The van der Waals surface area contributed by atoms with Gasteiger partial charge < -0.3 is 20.7 Å². The number of fused-ring (bicyclic) bond motifs is 3. The van der Waals surface area contributed by atoms with E-state index < -0.39 is 0 Å². The van der Waals surface area contributed by atoms with Crippen LogP contribution in [0.2, 0.25) is 10.0 Å². The van der Waals surface area contributed by atoms with Gasteiger partial charge in [0.2, 0.25) is 0 Å². The lowest BCUT2D eigenvalue weighted by molar-refractivity contribution is 0.384. The monoisotopic (exact) mass is 402 g/mol. The van der Waals surface area contributed by atoms with E-state index in [0.29, 0.717) is 29.6 Å². The number of aromatic nitrogens is 1. The molecule has 5 nitrogen and oxygen atoms in total. The lowest BCUT2D eigenvalue weighted by atomic mass is 10.0. The van der Waals surface area contributed by atoms with E-state index in [9.17, 15) is 5.11 Å². The summed E-state index contributed by atoms with van der Waals surface area (Å²) in [7, 11) is 0. The van der Waals surface area contributed by atoms with Gasteiger partial charge in [0.15, 0.2) is 5.96 Å². The van der Waals surface area contributed by atoms with Crippen molar-refractivity contribution in [2.75, 3.05) is 6.54 Å². The van der Waals surface area contributed by atoms with Crippen molar-refractivity contribution in [3.63, 3.8) is 0 Å². The van der Waals surface area contributed by atoms with E-state index in [1.807, 2.05) is 24.3 Å². The number of rotatable bonds is 2. The van der Waals surface area contributed by atoms with E-state index in [1.54, 1.807) is 13.0 Å². The predicted octanol–water partition coefficient (Wildman–Crippen LogP) is 4.36. The minimum Gasteiger partial charge on any atom is -0.508 e. The molecule has 27 heavy (non-hydrogen) atoms. The Kier molecular flexibility index (Phi) is 4.66. The Bertz CT molecular complexity index is 1030. The molecule has 4 N–H and O–H groups in total. The number of hydrogen-bond donors (Lipinski definition) is 3. The standard InChI is InChI=1S/C20H20Cl2N4O/c1-11-16(22)6-12(7-19(11)27)9-24-20(23)26-5-4-14-15-8-13(21)2-3-17(15)25-18(14)10-26/h2-3,6-8,25,27H,4-5,9-10H2,1H3,(H2,23,24). The molecule has 0 atom stereocenters. The van der Waals surface area contributed by atoms with Crippen LogP contribution in [0, 0.1) is 6.92 Å². The van der Waals surface area contributed by atoms with Gasteiger partial charge in [-0.05, 0) is 54.8 Å². The van der Waals surface area contributed by atoms with E-state index in [1.165, 1.54) is 10.9 Å². The summed E-state index contributed by atoms with van der Waals surface area (Å²) >= 11 is 12.3. The molecule has 0 bridgehead atoms. The van der Waals surface area contributed by atoms with Gasteiger partial charge in [0, 0.05) is 38.8 Å². The van der Waals surface area contributed by atoms with E-state index in [4.69, 9.17) is 28.9 Å². The highest BCUT2D eigenvalue weighted by Gasteiger charge is 2.21. The van der Waals surface area contributed by atoms with Gasteiger partial charge in [-0.25, -0.2) is 4.99 Å². The number of benzene rings is 2. The normalized spacial score (nSPS) is 14.6. The fraction of sp³-hybridized carbons (Fsp3) is 0.250. The number of nitrogens with zero attached hydrogens (tertiary/aromatic N) is 2. The molecule has 1 aromatic heterocycles. The maximum absolute atomic E-state index is 9.90. The van der Waals surface area contributed by atoms with Crippen molar-refractivity contribution in [3.8, 4) is 5.75 Å². The number of phenolic OH excluding ortho intramolecular Hbond substituents is 1. The van der Waals surface area contributed by atoms with Crippen LogP contribution in [-0.4, -0.2) is 27.5 Å². The highest BCUT2D eigenvalue weighted by molar-refractivity contribution is 6.31. The molecule has 0 saturated heterocycles. The summed E-state index contributed by atoms with van der Waals surface area (Å²) in [6.07, 6.45) is 0.878. The molecule has 0 aliphatic carbocycles. The number of halogens is 2. The number of nitrogens with two attached hydrogens (primary N) is 1. The average Bonchev–Trinajstić information content (AvgIpc) is 3.01. The first-order chi connectivity index (χ1) is 12.9. The summed E-state index contributed by atoms with van der Waals surface area (Å²) in [5.41, 5.74) is 11.2. The third-order valence-electron chi connectivity index (χ3n) is 5.06. The third-order valence-corrected chi connectivity index (χ3v) is 5.69. The van der Waals surface area contributed by atoms with E-state index >= 15 is 0 Å². The number of H-pyrrole nitrogens is 1. The largest absolute Gasteiger partial charge is 0.508 e. The molecular formula is C20H20Cl2N4O. The zero-order chi connectivity index (χ0) is 19.1. The molecule has 7 heteroatoms. The number of aromatic amines is 1. The van der Waals surface area contributed by atoms with Crippen LogP contribution in [0.1, 0.15) is 22.4 Å². The molecule has 0 spiro atoms. The first-order valence-corrected chi connectivity index (χ1v) is 9.50. The third kappa shape index (κ3) is 3.45. The van der Waals surface area contributed by atoms with Crippen molar-refractivity contribution < 1.29 is 5.11 Å². The van der Waals surface area contributed by atoms with Crippen molar-refractivity contribution in [2.24, 2.45) is 10.7 Å². The number of hydrogen-bond acceptors (Lipinski definition) is 2. The molecule has 0 amide bonds. The highest BCUT2D eigenvalue weighted by Crippen LogP contribution is 2.30. The number of guanidine groups is 1. The molecule has 0 radical (unpaired) electrons. The van der Waals surface area contributed by atoms with Crippen LogP contribution in [0.25, 0.3) is 10.9 Å². The van der Waals surface area contributed by atoms with E-state index in [2.05, 4.69) is 14.9 Å². The number of aliphatic imine (C=N–C) groups is 1. The maximum atomic E-state index is 9.90. The maximum Gasteiger partial charge on any atom is 0.191 e. The number of phenols is 1. The Morgan fingerprint density at radius 2 is 2.11 bits per heavy atom.